The Kier molecular flexibility index (Phi) is 10.6. The van der Waals surface area contributed by atoms with Crippen molar-refractivity contribution >= 4 is 35.8 Å². The van der Waals surface area contributed by atoms with Crippen LogP contribution in [0.3, 0.4) is 0 Å². The molecule has 0 radical (unpaired) electrons. The van der Waals surface area contributed by atoms with E-state index in [0.717, 1.165) is 37.6 Å². The molecule has 1 amide bonds. The zero-order valence-electron chi connectivity index (χ0n) is 15.9. The Morgan fingerprint density at radius 2 is 2.08 bits per heavy atom. The molecule has 2 N–H and O–H groups in total. The highest BCUT2D eigenvalue weighted by Gasteiger charge is 2.25. The molecule has 1 aromatic carbocycles. The van der Waals surface area contributed by atoms with E-state index in [1.807, 2.05) is 36.9 Å². The van der Waals surface area contributed by atoms with Gasteiger partial charge in [0.15, 0.2) is 5.96 Å². The summed E-state index contributed by atoms with van der Waals surface area (Å²) in [5.41, 5.74) is 1.12. The molecule has 26 heavy (non-hydrogen) atoms. The first kappa shape index (κ1) is 22.7. The van der Waals surface area contributed by atoms with E-state index in [9.17, 15) is 4.79 Å². The average Bonchev–Trinajstić information content (AvgIpc) is 3.11. The third-order valence-corrected chi connectivity index (χ3v) is 4.40. The zero-order chi connectivity index (χ0) is 18.1. The molecule has 2 rings (SSSR count). The SMILES string of the molecule is CCNC(=NCC(OC)c1ccccc1)NC1CCN(C(=O)CC)C1.I. The van der Waals surface area contributed by atoms with Crippen LogP contribution in [0.25, 0.3) is 0 Å². The fourth-order valence-corrected chi connectivity index (χ4v) is 3.00. The largest absolute Gasteiger partial charge is 0.375 e. The maximum atomic E-state index is 11.8. The predicted octanol–water partition coefficient (Wildman–Crippen LogP) is 2.56. The van der Waals surface area contributed by atoms with Crippen molar-refractivity contribution in [3.05, 3.63) is 35.9 Å². The molecule has 0 saturated carbocycles. The number of hydrogen-bond donors (Lipinski definition) is 2. The van der Waals surface area contributed by atoms with Gasteiger partial charge >= 0.3 is 0 Å². The molecule has 6 nitrogen and oxygen atoms in total. The minimum Gasteiger partial charge on any atom is -0.375 e. The predicted molar refractivity (Wildman–Crippen MR) is 116 cm³/mol. The number of halogens is 1. The molecule has 0 bridgehead atoms. The second-order valence-electron chi connectivity index (χ2n) is 6.18. The van der Waals surface area contributed by atoms with Gasteiger partial charge in [0.05, 0.1) is 6.54 Å². The van der Waals surface area contributed by atoms with Crippen LogP contribution in [0.1, 0.15) is 38.4 Å². The van der Waals surface area contributed by atoms with E-state index in [-0.39, 0.29) is 42.0 Å². The quantitative estimate of drug-likeness (QED) is 0.362. The number of methoxy groups -OCH3 is 1. The van der Waals surface area contributed by atoms with E-state index >= 15 is 0 Å². The molecule has 0 aliphatic carbocycles. The maximum absolute atomic E-state index is 11.8. The average molecular weight is 474 g/mol. The molecule has 1 saturated heterocycles. The van der Waals surface area contributed by atoms with Crippen LogP contribution in [-0.4, -0.2) is 56.1 Å². The van der Waals surface area contributed by atoms with E-state index in [1.54, 1.807) is 7.11 Å². The van der Waals surface area contributed by atoms with Gasteiger partial charge in [-0.3, -0.25) is 9.79 Å². The zero-order valence-corrected chi connectivity index (χ0v) is 18.2. The topological polar surface area (TPSA) is 66.0 Å². The van der Waals surface area contributed by atoms with Crippen molar-refractivity contribution in [2.24, 2.45) is 4.99 Å². The lowest BCUT2D eigenvalue weighted by molar-refractivity contribution is -0.129. The summed E-state index contributed by atoms with van der Waals surface area (Å²) in [6.07, 6.45) is 1.44. The minimum atomic E-state index is -0.0709. The Morgan fingerprint density at radius 3 is 2.69 bits per heavy atom. The number of benzene rings is 1. The number of nitrogens with zero attached hydrogens (tertiary/aromatic N) is 2. The van der Waals surface area contributed by atoms with E-state index < -0.39 is 0 Å². The van der Waals surface area contributed by atoms with Crippen molar-refractivity contribution in [3.8, 4) is 0 Å². The molecule has 146 valence electrons. The molecular formula is C19H31IN4O2. The number of ether oxygens (including phenoxy) is 1. The van der Waals surface area contributed by atoms with Gasteiger partial charge in [0.25, 0.3) is 0 Å². The molecule has 0 spiro atoms. The lowest BCUT2D eigenvalue weighted by Gasteiger charge is -2.20. The highest BCUT2D eigenvalue weighted by molar-refractivity contribution is 14.0. The first-order valence-electron chi connectivity index (χ1n) is 9.08. The third kappa shape index (κ3) is 6.75. The smallest absolute Gasteiger partial charge is 0.222 e. The van der Waals surface area contributed by atoms with Crippen molar-refractivity contribution in [2.75, 3.05) is 33.3 Å². The van der Waals surface area contributed by atoms with Crippen LogP contribution in [0.2, 0.25) is 0 Å². The standard InChI is InChI=1S/C19H30N4O2.HI/c1-4-18(24)23-12-11-16(14-23)22-19(20-5-2)21-13-17(25-3)15-9-7-6-8-10-15;/h6-10,16-17H,4-5,11-14H2,1-3H3,(H2,20,21,22);1H. The van der Waals surface area contributed by atoms with Gasteiger partial charge in [-0.25, -0.2) is 0 Å². The number of carbonyl (C=O) groups is 1. The minimum absolute atomic E-state index is 0. The molecule has 2 atom stereocenters. The summed E-state index contributed by atoms with van der Waals surface area (Å²) < 4.78 is 5.58. The van der Waals surface area contributed by atoms with Crippen LogP contribution in [-0.2, 0) is 9.53 Å². The Hall–Kier alpha value is -1.35. The molecule has 1 aromatic rings. The number of guanidine groups is 1. The second-order valence-corrected chi connectivity index (χ2v) is 6.18. The summed E-state index contributed by atoms with van der Waals surface area (Å²) in [4.78, 5) is 18.4. The molecule has 1 fully saturated rings. The molecule has 7 heteroatoms. The fourth-order valence-electron chi connectivity index (χ4n) is 3.00. The van der Waals surface area contributed by atoms with Gasteiger partial charge in [-0.15, -0.1) is 24.0 Å². The Labute approximate surface area is 173 Å². The molecular weight excluding hydrogens is 443 g/mol. The van der Waals surface area contributed by atoms with Crippen molar-refractivity contribution in [2.45, 2.75) is 38.8 Å². The fraction of sp³-hybridized carbons (Fsp3) is 0.579. The monoisotopic (exact) mass is 474 g/mol. The lowest BCUT2D eigenvalue weighted by atomic mass is 10.1. The van der Waals surface area contributed by atoms with Crippen LogP contribution in [0, 0.1) is 0 Å². The summed E-state index contributed by atoms with van der Waals surface area (Å²) >= 11 is 0. The van der Waals surface area contributed by atoms with Crippen LogP contribution in [0.4, 0.5) is 0 Å². The molecule has 1 aliphatic rings. The van der Waals surface area contributed by atoms with Crippen LogP contribution in [0.5, 0.6) is 0 Å². The summed E-state index contributed by atoms with van der Waals surface area (Å²) in [5.74, 6) is 0.992. The third-order valence-electron chi connectivity index (χ3n) is 4.40. The Balaban J connectivity index is 0.00000338. The van der Waals surface area contributed by atoms with E-state index in [1.165, 1.54) is 0 Å². The van der Waals surface area contributed by atoms with Gasteiger partial charge < -0.3 is 20.3 Å². The molecule has 0 aromatic heterocycles. The van der Waals surface area contributed by atoms with Crippen LogP contribution >= 0.6 is 24.0 Å². The molecule has 1 heterocycles. The number of likely N-dealkylation sites (tertiary alicyclic amines) is 1. The van der Waals surface area contributed by atoms with Crippen LogP contribution in [0.15, 0.2) is 35.3 Å². The summed E-state index contributed by atoms with van der Waals surface area (Å²) in [6, 6.07) is 10.4. The number of aliphatic imine (C=N–C) groups is 1. The van der Waals surface area contributed by atoms with E-state index in [2.05, 4.69) is 27.8 Å². The Bertz CT molecular complexity index is 568. The van der Waals surface area contributed by atoms with Crippen LogP contribution < -0.4 is 10.6 Å². The van der Waals surface area contributed by atoms with Gasteiger partial charge in [-0.1, -0.05) is 37.3 Å². The molecule has 2 unspecified atom stereocenters. The number of carbonyl (C=O) groups excluding carboxylic acids is 1. The first-order valence-corrected chi connectivity index (χ1v) is 9.08. The Morgan fingerprint density at radius 1 is 1.35 bits per heavy atom. The van der Waals surface area contributed by atoms with Gasteiger partial charge in [0, 0.05) is 39.2 Å². The normalized spacial score (nSPS) is 18.2. The van der Waals surface area contributed by atoms with E-state index in [4.69, 9.17) is 4.74 Å². The van der Waals surface area contributed by atoms with Gasteiger partial charge in [-0.05, 0) is 18.9 Å². The van der Waals surface area contributed by atoms with Gasteiger partial charge in [-0.2, -0.15) is 0 Å². The molecule has 1 aliphatic heterocycles. The second kappa shape index (κ2) is 12.1. The van der Waals surface area contributed by atoms with Crippen molar-refractivity contribution in [1.82, 2.24) is 15.5 Å². The lowest BCUT2D eigenvalue weighted by Crippen LogP contribution is -2.45. The van der Waals surface area contributed by atoms with E-state index in [0.29, 0.717) is 13.0 Å². The number of amides is 1. The number of hydrogen-bond acceptors (Lipinski definition) is 3. The van der Waals surface area contributed by atoms with Crippen molar-refractivity contribution in [3.63, 3.8) is 0 Å². The summed E-state index contributed by atoms with van der Waals surface area (Å²) in [7, 11) is 1.71. The number of rotatable bonds is 7. The van der Waals surface area contributed by atoms with Crippen molar-refractivity contribution < 1.29 is 9.53 Å². The highest BCUT2D eigenvalue weighted by atomic mass is 127. The highest BCUT2D eigenvalue weighted by Crippen LogP contribution is 2.16. The number of nitrogens with one attached hydrogen (secondary N) is 2. The van der Waals surface area contributed by atoms with Crippen molar-refractivity contribution in [1.29, 1.82) is 0 Å². The first-order chi connectivity index (χ1) is 12.2. The summed E-state index contributed by atoms with van der Waals surface area (Å²) in [6.45, 7) is 6.84. The maximum Gasteiger partial charge on any atom is 0.222 e. The van der Waals surface area contributed by atoms with Gasteiger partial charge in [0.1, 0.15) is 6.10 Å². The summed E-state index contributed by atoms with van der Waals surface area (Å²) in [5, 5.41) is 6.72. The van der Waals surface area contributed by atoms with Gasteiger partial charge in [0.2, 0.25) is 5.91 Å².